The van der Waals surface area contributed by atoms with Gasteiger partial charge in [-0.05, 0) is 35.0 Å². The Kier molecular flexibility index (Phi) is 3.85. The Morgan fingerprint density at radius 1 is 0.957 bits per heavy atom. The molecule has 3 aromatic carbocycles. The van der Waals surface area contributed by atoms with Crippen LogP contribution in [0.25, 0.3) is 10.8 Å². The van der Waals surface area contributed by atoms with Crippen LogP contribution in [-0.4, -0.2) is 12.3 Å². The van der Waals surface area contributed by atoms with E-state index in [-0.39, 0.29) is 16.9 Å². The zero-order valence-electron chi connectivity index (χ0n) is 11.8. The number of rotatable bonds is 3. The molecule has 0 saturated carbocycles. The summed E-state index contributed by atoms with van der Waals surface area (Å²) in [5.41, 5.74) is 0.0768. The Labute approximate surface area is 130 Å². The van der Waals surface area contributed by atoms with Crippen molar-refractivity contribution < 1.29 is 23.1 Å². The molecule has 23 heavy (non-hydrogen) atoms. The van der Waals surface area contributed by atoms with Crippen LogP contribution in [0.4, 0.5) is 8.78 Å². The summed E-state index contributed by atoms with van der Waals surface area (Å²) in [6.45, 7) is 0. The summed E-state index contributed by atoms with van der Waals surface area (Å²) in [5.74, 6) is -3.01. The van der Waals surface area contributed by atoms with E-state index < -0.39 is 17.6 Å². The number of hydrogen-bond donors (Lipinski definition) is 0. The van der Waals surface area contributed by atoms with Crippen LogP contribution >= 0.6 is 0 Å². The molecule has 0 aliphatic rings. The van der Waals surface area contributed by atoms with Crippen molar-refractivity contribution in [1.29, 1.82) is 0 Å². The van der Waals surface area contributed by atoms with Gasteiger partial charge in [-0.25, -0.2) is 13.6 Å². The molecule has 0 amide bonds. The molecule has 0 unspecified atom stereocenters. The van der Waals surface area contributed by atoms with Gasteiger partial charge in [0, 0.05) is 0 Å². The second kappa shape index (κ2) is 5.96. The number of benzene rings is 3. The van der Waals surface area contributed by atoms with Gasteiger partial charge in [-0.15, -0.1) is 0 Å². The van der Waals surface area contributed by atoms with Gasteiger partial charge in [0.2, 0.25) is 0 Å². The van der Waals surface area contributed by atoms with E-state index in [0.29, 0.717) is 11.7 Å². The smallest absolute Gasteiger partial charge is 0.343 e. The first-order chi connectivity index (χ1) is 11.1. The summed E-state index contributed by atoms with van der Waals surface area (Å²) in [7, 11) is 0. The maximum atomic E-state index is 13.2. The fourth-order valence-electron chi connectivity index (χ4n) is 2.27. The van der Waals surface area contributed by atoms with Crippen LogP contribution in [0.2, 0.25) is 0 Å². The second-order valence-corrected chi connectivity index (χ2v) is 4.83. The standard InChI is InChI=1S/C18H10F2O3/c19-15-7-5-12(9-16(15)20)18(22)23-17-8-6-11-3-1-2-4-13(11)14(17)10-21/h1-10H. The van der Waals surface area contributed by atoms with Gasteiger partial charge in [0.05, 0.1) is 11.1 Å². The van der Waals surface area contributed by atoms with Crippen molar-refractivity contribution in [2.45, 2.75) is 0 Å². The molecular formula is C18H10F2O3. The van der Waals surface area contributed by atoms with Crippen LogP contribution in [0, 0.1) is 11.6 Å². The third-order valence-electron chi connectivity index (χ3n) is 3.41. The molecule has 0 radical (unpaired) electrons. The van der Waals surface area contributed by atoms with Crippen molar-refractivity contribution >= 4 is 23.0 Å². The quantitative estimate of drug-likeness (QED) is 0.414. The maximum Gasteiger partial charge on any atom is 0.343 e. The largest absolute Gasteiger partial charge is 0.422 e. The van der Waals surface area contributed by atoms with Gasteiger partial charge >= 0.3 is 5.97 Å². The lowest BCUT2D eigenvalue weighted by Gasteiger charge is -2.09. The van der Waals surface area contributed by atoms with Crippen LogP contribution in [0.5, 0.6) is 5.75 Å². The number of esters is 1. The highest BCUT2D eigenvalue weighted by molar-refractivity contribution is 6.02. The predicted molar refractivity (Wildman–Crippen MR) is 80.7 cm³/mol. The molecule has 0 aliphatic carbocycles. The van der Waals surface area contributed by atoms with Gasteiger partial charge < -0.3 is 4.74 Å². The van der Waals surface area contributed by atoms with Crippen molar-refractivity contribution in [3.8, 4) is 5.75 Å². The lowest BCUT2D eigenvalue weighted by molar-refractivity contribution is 0.0733. The molecule has 5 heteroatoms. The molecule has 0 spiro atoms. The van der Waals surface area contributed by atoms with Crippen molar-refractivity contribution in [2.75, 3.05) is 0 Å². The first-order valence-corrected chi connectivity index (χ1v) is 6.74. The van der Waals surface area contributed by atoms with E-state index in [1.807, 2.05) is 12.1 Å². The third kappa shape index (κ3) is 2.81. The Hall–Kier alpha value is -3.08. The Balaban J connectivity index is 1.99. The molecule has 114 valence electrons. The normalized spacial score (nSPS) is 10.5. The first kappa shape index (κ1) is 14.8. The van der Waals surface area contributed by atoms with Gasteiger partial charge in [-0.3, -0.25) is 4.79 Å². The molecule has 3 rings (SSSR count). The summed E-state index contributed by atoms with van der Waals surface area (Å²) >= 11 is 0. The van der Waals surface area contributed by atoms with Gasteiger partial charge in [0.15, 0.2) is 17.9 Å². The molecule has 0 atom stereocenters. The summed E-state index contributed by atoms with van der Waals surface area (Å²) in [6, 6.07) is 13.0. The predicted octanol–water partition coefficient (Wildman–Crippen LogP) is 4.15. The number of carbonyl (C=O) groups is 2. The maximum absolute atomic E-state index is 13.2. The van der Waals surface area contributed by atoms with Crippen molar-refractivity contribution in [1.82, 2.24) is 0 Å². The van der Waals surface area contributed by atoms with Crippen LogP contribution in [-0.2, 0) is 0 Å². The second-order valence-electron chi connectivity index (χ2n) is 4.83. The number of fused-ring (bicyclic) bond motifs is 1. The van der Waals surface area contributed by atoms with Crippen molar-refractivity contribution in [2.24, 2.45) is 0 Å². The van der Waals surface area contributed by atoms with Crippen LogP contribution < -0.4 is 4.74 Å². The minimum Gasteiger partial charge on any atom is -0.422 e. The van der Waals surface area contributed by atoms with E-state index in [1.165, 1.54) is 6.07 Å². The van der Waals surface area contributed by atoms with Gasteiger partial charge in [-0.2, -0.15) is 0 Å². The molecule has 3 aromatic rings. The number of halogens is 2. The molecule has 0 heterocycles. The molecular weight excluding hydrogens is 302 g/mol. The molecule has 0 aliphatic heterocycles. The highest BCUT2D eigenvalue weighted by atomic mass is 19.2. The SMILES string of the molecule is O=Cc1c(OC(=O)c2ccc(F)c(F)c2)ccc2ccccc12. The molecule has 0 N–H and O–H groups in total. The number of aldehydes is 1. The van der Waals surface area contributed by atoms with Gasteiger partial charge in [0.1, 0.15) is 5.75 Å². The lowest BCUT2D eigenvalue weighted by Crippen LogP contribution is -2.10. The summed E-state index contributed by atoms with van der Waals surface area (Å²) in [4.78, 5) is 23.4. The van der Waals surface area contributed by atoms with Crippen LogP contribution in [0.3, 0.4) is 0 Å². The number of carbonyl (C=O) groups excluding carboxylic acids is 2. The van der Waals surface area contributed by atoms with E-state index in [1.54, 1.807) is 18.2 Å². The average molecular weight is 312 g/mol. The zero-order valence-corrected chi connectivity index (χ0v) is 11.8. The minimum atomic E-state index is -1.14. The first-order valence-electron chi connectivity index (χ1n) is 6.74. The van der Waals surface area contributed by atoms with Crippen molar-refractivity contribution in [3.05, 3.63) is 77.4 Å². The van der Waals surface area contributed by atoms with Crippen molar-refractivity contribution in [3.63, 3.8) is 0 Å². The topological polar surface area (TPSA) is 43.4 Å². The van der Waals surface area contributed by atoms with Crippen LogP contribution in [0.1, 0.15) is 20.7 Å². The van der Waals surface area contributed by atoms with Gasteiger partial charge in [-0.1, -0.05) is 30.3 Å². The fraction of sp³-hybridized carbons (Fsp3) is 0. The highest BCUT2D eigenvalue weighted by Gasteiger charge is 2.15. The molecule has 0 fully saturated rings. The minimum absolute atomic E-state index is 0.0634. The fourth-order valence-corrected chi connectivity index (χ4v) is 2.27. The number of hydrogen-bond acceptors (Lipinski definition) is 3. The zero-order chi connectivity index (χ0) is 16.4. The van der Waals surface area contributed by atoms with E-state index in [4.69, 9.17) is 4.74 Å². The highest BCUT2D eigenvalue weighted by Crippen LogP contribution is 2.27. The Morgan fingerprint density at radius 2 is 1.74 bits per heavy atom. The molecule has 3 nitrogen and oxygen atoms in total. The van der Waals surface area contributed by atoms with E-state index in [9.17, 15) is 18.4 Å². The molecule has 0 saturated heterocycles. The summed E-state index contributed by atoms with van der Waals surface area (Å²) < 4.78 is 31.3. The monoisotopic (exact) mass is 312 g/mol. The average Bonchev–Trinajstić information content (AvgIpc) is 2.57. The molecule has 0 aromatic heterocycles. The Morgan fingerprint density at radius 3 is 2.48 bits per heavy atom. The summed E-state index contributed by atoms with van der Waals surface area (Å²) in [5, 5.41) is 1.46. The third-order valence-corrected chi connectivity index (χ3v) is 3.41. The number of ether oxygens (including phenoxy) is 1. The Bertz CT molecular complexity index is 919. The molecule has 0 bridgehead atoms. The summed E-state index contributed by atoms with van der Waals surface area (Å²) in [6.07, 6.45) is 0.593. The van der Waals surface area contributed by atoms with E-state index in [2.05, 4.69) is 0 Å². The lowest BCUT2D eigenvalue weighted by atomic mass is 10.0. The van der Waals surface area contributed by atoms with Gasteiger partial charge in [0.25, 0.3) is 0 Å². The van der Waals surface area contributed by atoms with E-state index in [0.717, 1.165) is 23.6 Å². The van der Waals surface area contributed by atoms with E-state index >= 15 is 0 Å². The van der Waals surface area contributed by atoms with Crippen LogP contribution in [0.15, 0.2) is 54.6 Å².